The molecule has 0 fully saturated rings. The molecule has 0 saturated carbocycles. The van der Waals surface area contributed by atoms with Gasteiger partial charge in [-0.25, -0.2) is 0 Å². The van der Waals surface area contributed by atoms with E-state index in [-0.39, 0.29) is 12.6 Å². The Hall–Kier alpha value is -0.650. The highest BCUT2D eigenvalue weighted by atomic mass is 32.1. The summed E-state index contributed by atoms with van der Waals surface area (Å²) in [6, 6.07) is 0.149. The molecule has 5 heteroatoms. The molecule has 1 aromatic heterocycles. The first-order valence-electron chi connectivity index (χ1n) is 4.68. The fourth-order valence-electron chi connectivity index (χ4n) is 1.38. The Morgan fingerprint density at radius 1 is 1.71 bits per heavy atom. The maximum absolute atomic E-state index is 9.08. The summed E-state index contributed by atoms with van der Waals surface area (Å²) >= 11 is 5.11. The van der Waals surface area contributed by atoms with Crippen molar-refractivity contribution < 1.29 is 9.84 Å². The number of aromatic nitrogens is 2. The highest BCUT2D eigenvalue weighted by Crippen LogP contribution is 2.11. The fraction of sp³-hybridized carbons (Fsp3) is 0.667. The number of H-pyrrole nitrogens is 1. The van der Waals surface area contributed by atoms with Gasteiger partial charge in [0.1, 0.15) is 0 Å². The molecule has 1 unspecified atom stereocenters. The molecule has 0 bridgehead atoms. The van der Waals surface area contributed by atoms with Crippen LogP contribution in [0.1, 0.15) is 25.6 Å². The van der Waals surface area contributed by atoms with Crippen LogP contribution in [0.15, 0.2) is 6.20 Å². The number of nitrogens with one attached hydrogen (secondary N) is 1. The predicted molar refractivity (Wildman–Crippen MR) is 56.7 cm³/mol. The number of aliphatic hydroxyl groups is 1. The second-order valence-electron chi connectivity index (χ2n) is 3.12. The topological polar surface area (TPSA) is 50.2 Å². The Morgan fingerprint density at radius 2 is 2.43 bits per heavy atom. The zero-order chi connectivity index (χ0) is 10.6. The van der Waals surface area contributed by atoms with Crippen molar-refractivity contribution in [2.75, 3.05) is 13.2 Å². The molecule has 80 valence electrons. The van der Waals surface area contributed by atoms with Crippen LogP contribution in [0.25, 0.3) is 0 Å². The summed E-state index contributed by atoms with van der Waals surface area (Å²) in [6.45, 7) is 5.25. The first-order chi connectivity index (χ1) is 6.70. The highest BCUT2D eigenvalue weighted by Gasteiger charge is 2.10. The third-order valence-electron chi connectivity index (χ3n) is 2.06. The molecule has 0 aliphatic heterocycles. The molecular weight excluding hydrogens is 200 g/mol. The number of imidazole rings is 1. The number of aliphatic hydroxyl groups excluding tert-OH is 1. The summed E-state index contributed by atoms with van der Waals surface area (Å²) in [4.78, 5) is 2.91. The van der Waals surface area contributed by atoms with E-state index in [1.807, 2.05) is 18.4 Å². The van der Waals surface area contributed by atoms with Crippen LogP contribution in [0.2, 0.25) is 0 Å². The van der Waals surface area contributed by atoms with Gasteiger partial charge in [0.05, 0.1) is 24.9 Å². The van der Waals surface area contributed by atoms with Gasteiger partial charge < -0.3 is 19.4 Å². The summed E-state index contributed by atoms with van der Waals surface area (Å²) in [7, 11) is 0. The number of ether oxygens (including phenoxy) is 1. The Morgan fingerprint density at radius 3 is 3.00 bits per heavy atom. The van der Waals surface area contributed by atoms with Crippen LogP contribution in [-0.2, 0) is 11.3 Å². The van der Waals surface area contributed by atoms with Gasteiger partial charge in [0.25, 0.3) is 0 Å². The van der Waals surface area contributed by atoms with Gasteiger partial charge in [-0.05, 0) is 26.1 Å². The predicted octanol–water partition coefficient (Wildman–Crippen LogP) is 1.64. The van der Waals surface area contributed by atoms with Crippen molar-refractivity contribution in [3.8, 4) is 0 Å². The van der Waals surface area contributed by atoms with Crippen LogP contribution < -0.4 is 0 Å². The van der Waals surface area contributed by atoms with Crippen LogP contribution >= 0.6 is 12.2 Å². The van der Waals surface area contributed by atoms with E-state index in [0.717, 1.165) is 5.69 Å². The third-order valence-corrected chi connectivity index (χ3v) is 2.37. The van der Waals surface area contributed by atoms with Gasteiger partial charge in [0.2, 0.25) is 0 Å². The molecule has 0 spiro atoms. The lowest BCUT2D eigenvalue weighted by Crippen LogP contribution is -2.14. The summed E-state index contributed by atoms with van der Waals surface area (Å²) in [5.41, 5.74) is 0.794. The molecule has 14 heavy (non-hydrogen) atoms. The molecule has 0 amide bonds. The van der Waals surface area contributed by atoms with Crippen LogP contribution in [-0.4, -0.2) is 27.9 Å². The van der Waals surface area contributed by atoms with Gasteiger partial charge in [-0.15, -0.1) is 0 Å². The SMILES string of the molecule is CCOCC(C)n1c(CO)c[nH]c1=S. The van der Waals surface area contributed by atoms with E-state index in [2.05, 4.69) is 4.98 Å². The Bertz CT molecular complexity index is 332. The van der Waals surface area contributed by atoms with Crippen molar-refractivity contribution in [1.29, 1.82) is 0 Å². The minimum Gasteiger partial charge on any atom is -0.390 e. The van der Waals surface area contributed by atoms with E-state index >= 15 is 0 Å². The first-order valence-corrected chi connectivity index (χ1v) is 5.08. The van der Waals surface area contributed by atoms with Gasteiger partial charge in [-0.3, -0.25) is 0 Å². The number of rotatable bonds is 5. The maximum Gasteiger partial charge on any atom is 0.177 e. The van der Waals surface area contributed by atoms with Crippen molar-refractivity contribution in [3.63, 3.8) is 0 Å². The van der Waals surface area contributed by atoms with Crippen molar-refractivity contribution >= 4 is 12.2 Å². The van der Waals surface area contributed by atoms with Gasteiger partial charge in [0, 0.05) is 12.8 Å². The number of hydrogen-bond acceptors (Lipinski definition) is 3. The Balaban J connectivity index is 2.81. The van der Waals surface area contributed by atoms with Crippen molar-refractivity contribution in [1.82, 2.24) is 9.55 Å². The average Bonchev–Trinajstić information content (AvgIpc) is 2.56. The summed E-state index contributed by atoms with van der Waals surface area (Å²) < 4.78 is 7.82. The highest BCUT2D eigenvalue weighted by molar-refractivity contribution is 7.71. The molecule has 0 aromatic carbocycles. The smallest absolute Gasteiger partial charge is 0.177 e. The normalized spacial score (nSPS) is 13.1. The van der Waals surface area contributed by atoms with Crippen LogP contribution in [0.5, 0.6) is 0 Å². The maximum atomic E-state index is 9.08. The molecule has 0 aliphatic carbocycles. The Kier molecular flexibility index (Phi) is 4.31. The lowest BCUT2D eigenvalue weighted by molar-refractivity contribution is 0.116. The fourth-order valence-corrected chi connectivity index (χ4v) is 1.74. The molecular formula is C9H16N2O2S. The lowest BCUT2D eigenvalue weighted by atomic mass is 10.3. The van der Waals surface area contributed by atoms with Crippen molar-refractivity contribution in [2.24, 2.45) is 0 Å². The standard InChI is InChI=1S/C9H16N2O2S/c1-3-13-6-7(2)11-8(5-12)4-10-9(11)14/h4,7,12H,3,5-6H2,1-2H3,(H,10,14). The molecule has 1 heterocycles. The molecule has 0 aliphatic rings. The van der Waals surface area contributed by atoms with E-state index in [4.69, 9.17) is 22.1 Å². The van der Waals surface area contributed by atoms with E-state index in [1.165, 1.54) is 0 Å². The average molecular weight is 216 g/mol. The lowest BCUT2D eigenvalue weighted by Gasteiger charge is -2.15. The zero-order valence-corrected chi connectivity index (χ0v) is 9.30. The minimum absolute atomic E-state index is 0.0103. The molecule has 4 nitrogen and oxygen atoms in total. The van der Waals surface area contributed by atoms with Gasteiger partial charge >= 0.3 is 0 Å². The second-order valence-corrected chi connectivity index (χ2v) is 3.51. The number of hydrogen-bond donors (Lipinski definition) is 2. The zero-order valence-electron chi connectivity index (χ0n) is 8.49. The molecule has 0 radical (unpaired) electrons. The molecule has 2 N–H and O–H groups in total. The summed E-state index contributed by atoms with van der Waals surface area (Å²) in [6.07, 6.45) is 1.73. The first kappa shape index (κ1) is 11.4. The number of nitrogens with zero attached hydrogens (tertiary/aromatic N) is 1. The molecule has 0 saturated heterocycles. The minimum atomic E-state index is -0.0103. The summed E-state index contributed by atoms with van der Waals surface area (Å²) in [5.74, 6) is 0. The van der Waals surface area contributed by atoms with Crippen LogP contribution in [0.3, 0.4) is 0 Å². The van der Waals surface area contributed by atoms with Gasteiger partial charge in [0.15, 0.2) is 4.77 Å². The third kappa shape index (κ3) is 2.43. The van der Waals surface area contributed by atoms with E-state index in [9.17, 15) is 0 Å². The quantitative estimate of drug-likeness (QED) is 0.736. The van der Waals surface area contributed by atoms with Gasteiger partial charge in [-0.2, -0.15) is 0 Å². The second kappa shape index (κ2) is 5.29. The van der Waals surface area contributed by atoms with Crippen molar-refractivity contribution in [3.05, 3.63) is 16.7 Å². The monoisotopic (exact) mass is 216 g/mol. The van der Waals surface area contributed by atoms with E-state index < -0.39 is 0 Å². The van der Waals surface area contributed by atoms with E-state index in [0.29, 0.717) is 18.0 Å². The molecule has 1 atom stereocenters. The Labute approximate surface area is 88.5 Å². The van der Waals surface area contributed by atoms with Crippen LogP contribution in [0, 0.1) is 4.77 Å². The molecule has 1 aromatic rings. The number of aromatic amines is 1. The van der Waals surface area contributed by atoms with Crippen molar-refractivity contribution in [2.45, 2.75) is 26.5 Å². The van der Waals surface area contributed by atoms with Crippen LogP contribution in [0.4, 0.5) is 0 Å². The summed E-state index contributed by atoms with van der Waals surface area (Å²) in [5, 5.41) is 9.08. The molecule has 1 rings (SSSR count). The van der Waals surface area contributed by atoms with E-state index in [1.54, 1.807) is 6.20 Å². The van der Waals surface area contributed by atoms with Gasteiger partial charge in [-0.1, -0.05) is 0 Å². The largest absolute Gasteiger partial charge is 0.390 e.